The van der Waals surface area contributed by atoms with Gasteiger partial charge in [-0.1, -0.05) is 111 Å². The van der Waals surface area contributed by atoms with Gasteiger partial charge in [0.25, 0.3) is 5.82 Å². The zero-order valence-corrected chi connectivity index (χ0v) is 21.1. The average Bonchev–Trinajstić information content (AvgIpc) is 3.13. The van der Waals surface area contributed by atoms with Crippen LogP contribution >= 0.6 is 0 Å². The minimum Gasteiger partial charge on any atom is -0.234 e. The standard InChI is InChI=1S/C28H55N2/c1-4-7-10-11-12-13-14-15-16-17-18-19-20-23-28-29(24-21-8-5-2)26-27-30(28)25-22-9-6-3/h26-27H,4-25H2,1-3H3/q+1. The molecule has 0 aliphatic heterocycles. The molecule has 0 bridgehead atoms. The van der Waals surface area contributed by atoms with E-state index in [0.29, 0.717) is 0 Å². The van der Waals surface area contributed by atoms with Crippen molar-refractivity contribution in [2.24, 2.45) is 0 Å². The molecule has 0 spiro atoms. The highest BCUT2D eigenvalue weighted by atomic mass is 15.1. The summed E-state index contributed by atoms with van der Waals surface area (Å²) in [5, 5.41) is 0. The molecule has 0 aliphatic rings. The fourth-order valence-electron chi connectivity index (χ4n) is 4.56. The molecule has 1 aromatic rings. The molecular formula is C28H55N2+. The lowest BCUT2D eigenvalue weighted by Gasteiger charge is -2.06. The topological polar surface area (TPSA) is 8.81 Å². The molecule has 1 rings (SSSR count). The fraction of sp³-hybridized carbons (Fsp3) is 0.893. The largest absolute Gasteiger partial charge is 0.256 e. The van der Waals surface area contributed by atoms with Gasteiger partial charge in [0.1, 0.15) is 12.4 Å². The zero-order valence-electron chi connectivity index (χ0n) is 21.1. The van der Waals surface area contributed by atoms with Gasteiger partial charge in [-0.05, 0) is 32.1 Å². The van der Waals surface area contributed by atoms with Gasteiger partial charge in [-0.3, -0.25) is 0 Å². The molecule has 0 N–H and O–H groups in total. The fourth-order valence-corrected chi connectivity index (χ4v) is 4.56. The average molecular weight is 420 g/mol. The minimum absolute atomic E-state index is 1.21. The Morgan fingerprint density at radius 1 is 0.567 bits per heavy atom. The summed E-state index contributed by atoms with van der Waals surface area (Å²) in [6, 6.07) is 0. The number of hydrogen-bond acceptors (Lipinski definition) is 0. The van der Waals surface area contributed by atoms with Gasteiger partial charge < -0.3 is 0 Å². The summed E-state index contributed by atoms with van der Waals surface area (Å²) in [5.74, 6) is 1.59. The number of aryl methyl sites for hydroxylation is 2. The van der Waals surface area contributed by atoms with Crippen LogP contribution in [0.3, 0.4) is 0 Å². The molecule has 0 aromatic carbocycles. The Morgan fingerprint density at radius 3 is 1.60 bits per heavy atom. The van der Waals surface area contributed by atoms with E-state index in [0.717, 1.165) is 0 Å². The Kier molecular flexibility index (Phi) is 18.3. The van der Waals surface area contributed by atoms with E-state index in [-0.39, 0.29) is 0 Å². The molecule has 2 nitrogen and oxygen atoms in total. The zero-order chi connectivity index (χ0) is 21.7. The Bertz CT molecular complexity index is 449. The smallest absolute Gasteiger partial charge is 0.234 e. The van der Waals surface area contributed by atoms with Gasteiger partial charge in [0.15, 0.2) is 0 Å². The number of nitrogens with zero attached hydrogens (tertiary/aromatic N) is 2. The van der Waals surface area contributed by atoms with Crippen molar-refractivity contribution in [2.75, 3.05) is 0 Å². The molecule has 0 aliphatic carbocycles. The molecule has 0 radical (unpaired) electrons. The van der Waals surface area contributed by atoms with Crippen LogP contribution in [-0.4, -0.2) is 4.57 Å². The first-order valence-corrected chi connectivity index (χ1v) is 13.9. The van der Waals surface area contributed by atoms with Gasteiger partial charge in [-0.2, -0.15) is 0 Å². The molecule has 0 unspecified atom stereocenters. The molecule has 1 heterocycles. The summed E-state index contributed by atoms with van der Waals surface area (Å²) in [5.41, 5.74) is 0. The number of unbranched alkanes of at least 4 members (excludes halogenated alkanes) is 16. The molecule has 0 atom stereocenters. The summed E-state index contributed by atoms with van der Waals surface area (Å²) < 4.78 is 5.12. The summed E-state index contributed by atoms with van der Waals surface area (Å²) in [6.07, 6.45) is 32.6. The number of rotatable bonds is 22. The lowest BCUT2D eigenvalue weighted by molar-refractivity contribution is -0.704. The van der Waals surface area contributed by atoms with Crippen molar-refractivity contribution in [2.45, 2.75) is 162 Å². The van der Waals surface area contributed by atoms with E-state index in [1.807, 2.05) is 0 Å². The van der Waals surface area contributed by atoms with E-state index in [1.54, 1.807) is 5.82 Å². The highest BCUT2D eigenvalue weighted by Gasteiger charge is 2.16. The Labute approximate surface area is 189 Å². The first-order valence-electron chi connectivity index (χ1n) is 13.9. The molecule has 30 heavy (non-hydrogen) atoms. The first-order chi connectivity index (χ1) is 14.8. The van der Waals surface area contributed by atoms with E-state index >= 15 is 0 Å². The summed E-state index contributed by atoms with van der Waals surface area (Å²) >= 11 is 0. The van der Waals surface area contributed by atoms with Gasteiger partial charge >= 0.3 is 0 Å². The molecule has 0 saturated heterocycles. The highest BCUT2D eigenvalue weighted by Crippen LogP contribution is 2.14. The van der Waals surface area contributed by atoms with Crippen LogP contribution in [0.25, 0.3) is 0 Å². The van der Waals surface area contributed by atoms with Crippen molar-refractivity contribution >= 4 is 0 Å². The van der Waals surface area contributed by atoms with Crippen LogP contribution in [0.15, 0.2) is 12.4 Å². The summed E-state index contributed by atoms with van der Waals surface area (Å²) in [6.45, 7) is 9.32. The van der Waals surface area contributed by atoms with Crippen molar-refractivity contribution < 1.29 is 4.57 Å². The van der Waals surface area contributed by atoms with Crippen LogP contribution in [-0.2, 0) is 19.5 Å². The molecule has 1 aromatic heterocycles. The van der Waals surface area contributed by atoms with Crippen LogP contribution in [0.4, 0.5) is 0 Å². The number of hydrogen-bond donors (Lipinski definition) is 0. The molecule has 176 valence electrons. The molecule has 0 saturated carbocycles. The van der Waals surface area contributed by atoms with Crippen molar-refractivity contribution in [1.29, 1.82) is 0 Å². The highest BCUT2D eigenvalue weighted by molar-refractivity contribution is 4.84. The van der Waals surface area contributed by atoms with Crippen LogP contribution in [0.2, 0.25) is 0 Å². The SMILES string of the molecule is CCCCCCCCCCCCCCCc1n(CCCCC)cc[n+]1CCCCC. The van der Waals surface area contributed by atoms with E-state index in [9.17, 15) is 0 Å². The Morgan fingerprint density at radius 2 is 1.03 bits per heavy atom. The van der Waals surface area contributed by atoms with Crippen molar-refractivity contribution in [1.82, 2.24) is 4.57 Å². The second kappa shape index (κ2) is 20.1. The maximum Gasteiger partial charge on any atom is 0.256 e. The van der Waals surface area contributed by atoms with Gasteiger partial charge in [-0.25, -0.2) is 9.13 Å². The molecule has 0 amide bonds. The second-order valence-corrected chi connectivity index (χ2v) is 9.51. The van der Waals surface area contributed by atoms with Gasteiger partial charge in [0, 0.05) is 6.42 Å². The van der Waals surface area contributed by atoms with E-state index in [4.69, 9.17) is 0 Å². The van der Waals surface area contributed by atoms with Gasteiger partial charge in [0.2, 0.25) is 0 Å². The maximum atomic E-state index is 2.56. The third kappa shape index (κ3) is 13.5. The van der Waals surface area contributed by atoms with Crippen molar-refractivity contribution in [3.8, 4) is 0 Å². The van der Waals surface area contributed by atoms with Crippen LogP contribution in [0.1, 0.15) is 149 Å². The quantitative estimate of drug-likeness (QED) is 0.131. The Hall–Kier alpha value is -0.790. The number of imidazole rings is 1. The van der Waals surface area contributed by atoms with E-state index < -0.39 is 0 Å². The monoisotopic (exact) mass is 419 g/mol. The maximum absolute atomic E-state index is 2.56. The lowest BCUT2D eigenvalue weighted by Crippen LogP contribution is -2.37. The second-order valence-electron chi connectivity index (χ2n) is 9.51. The van der Waals surface area contributed by atoms with E-state index in [2.05, 4.69) is 42.3 Å². The predicted molar refractivity (Wildman–Crippen MR) is 133 cm³/mol. The molecule has 2 heteroatoms. The molecule has 0 fully saturated rings. The van der Waals surface area contributed by atoms with Gasteiger partial charge in [0.05, 0.1) is 13.1 Å². The first kappa shape index (κ1) is 27.2. The lowest BCUT2D eigenvalue weighted by atomic mass is 10.0. The van der Waals surface area contributed by atoms with Crippen LogP contribution < -0.4 is 4.57 Å². The summed E-state index contributed by atoms with van der Waals surface area (Å²) in [7, 11) is 0. The van der Waals surface area contributed by atoms with Crippen LogP contribution in [0.5, 0.6) is 0 Å². The third-order valence-corrected chi connectivity index (χ3v) is 6.60. The third-order valence-electron chi connectivity index (χ3n) is 6.60. The van der Waals surface area contributed by atoms with Gasteiger partial charge in [-0.15, -0.1) is 0 Å². The normalized spacial score (nSPS) is 11.4. The van der Waals surface area contributed by atoms with E-state index in [1.165, 1.54) is 142 Å². The van der Waals surface area contributed by atoms with Crippen molar-refractivity contribution in [3.63, 3.8) is 0 Å². The molecular weight excluding hydrogens is 364 g/mol. The summed E-state index contributed by atoms with van der Waals surface area (Å²) in [4.78, 5) is 0. The number of aromatic nitrogens is 2. The van der Waals surface area contributed by atoms with Crippen molar-refractivity contribution in [3.05, 3.63) is 18.2 Å². The Balaban J connectivity index is 2.17. The predicted octanol–water partition coefficient (Wildman–Crippen LogP) is 8.79. The minimum atomic E-state index is 1.21. The van der Waals surface area contributed by atoms with Crippen LogP contribution in [0, 0.1) is 0 Å².